The van der Waals surface area contributed by atoms with Crippen molar-refractivity contribution in [3.8, 4) is 11.5 Å². The summed E-state index contributed by atoms with van der Waals surface area (Å²) in [6.45, 7) is 4.19. The van der Waals surface area contributed by atoms with E-state index in [1.807, 2.05) is 36.4 Å². The van der Waals surface area contributed by atoms with Crippen LogP contribution in [0.2, 0.25) is 0 Å². The molecule has 1 aliphatic heterocycles. The van der Waals surface area contributed by atoms with Crippen molar-refractivity contribution in [2.45, 2.75) is 19.8 Å². The standard InChI is InChI=1S/C26H24N2O.ClH/c1-19-23-15-17-28(16-14-20-8-4-2-5-9-20)26(23)24-18-22(12-13-25(24)27-19)29-21-10-6-3-7-11-21;/h2-13,18H,14-17H2,1H3;1H. The lowest BCUT2D eigenvalue weighted by Gasteiger charge is -2.22. The van der Waals surface area contributed by atoms with E-state index in [4.69, 9.17) is 9.72 Å². The Labute approximate surface area is 183 Å². The van der Waals surface area contributed by atoms with Crippen LogP contribution in [0.4, 0.5) is 5.69 Å². The summed E-state index contributed by atoms with van der Waals surface area (Å²) in [5, 5.41) is 1.18. The second kappa shape index (κ2) is 8.76. The van der Waals surface area contributed by atoms with Crippen molar-refractivity contribution in [3.05, 3.63) is 95.7 Å². The molecule has 0 unspecified atom stereocenters. The third kappa shape index (κ3) is 3.99. The average molecular weight is 417 g/mol. The van der Waals surface area contributed by atoms with Gasteiger partial charge in [0.1, 0.15) is 11.5 Å². The minimum atomic E-state index is 0. The first-order valence-electron chi connectivity index (χ1n) is 10.2. The summed E-state index contributed by atoms with van der Waals surface area (Å²) in [4.78, 5) is 7.39. The minimum Gasteiger partial charge on any atom is -0.457 e. The van der Waals surface area contributed by atoms with Gasteiger partial charge in [-0.2, -0.15) is 0 Å². The summed E-state index contributed by atoms with van der Waals surface area (Å²) in [6.07, 6.45) is 2.10. The van der Waals surface area contributed by atoms with Crippen molar-refractivity contribution >= 4 is 29.0 Å². The molecule has 0 saturated heterocycles. The molecule has 0 atom stereocenters. The minimum absolute atomic E-state index is 0. The Kier molecular flexibility index (Phi) is 5.91. The van der Waals surface area contributed by atoms with Crippen LogP contribution in [-0.2, 0) is 12.8 Å². The number of rotatable bonds is 5. The largest absolute Gasteiger partial charge is 0.457 e. The summed E-state index contributed by atoms with van der Waals surface area (Å²) >= 11 is 0. The number of fused-ring (bicyclic) bond motifs is 3. The maximum absolute atomic E-state index is 6.09. The number of nitrogens with zero attached hydrogens (tertiary/aromatic N) is 2. The molecule has 0 amide bonds. The van der Waals surface area contributed by atoms with Crippen molar-refractivity contribution in [1.29, 1.82) is 0 Å². The number of anilines is 1. The number of hydrogen-bond donors (Lipinski definition) is 0. The monoisotopic (exact) mass is 416 g/mol. The van der Waals surface area contributed by atoms with Gasteiger partial charge >= 0.3 is 0 Å². The topological polar surface area (TPSA) is 25.4 Å². The molecule has 4 aromatic rings. The van der Waals surface area contributed by atoms with E-state index in [1.165, 1.54) is 22.2 Å². The Balaban J connectivity index is 0.00000218. The van der Waals surface area contributed by atoms with E-state index in [1.54, 1.807) is 0 Å². The van der Waals surface area contributed by atoms with E-state index in [-0.39, 0.29) is 12.4 Å². The fraction of sp³-hybridized carbons (Fsp3) is 0.192. The van der Waals surface area contributed by atoms with Gasteiger partial charge < -0.3 is 9.64 Å². The Bertz CT molecular complexity index is 1150. The fourth-order valence-corrected chi connectivity index (χ4v) is 4.22. The lowest BCUT2D eigenvalue weighted by Crippen LogP contribution is -2.23. The molecule has 30 heavy (non-hydrogen) atoms. The molecule has 1 aromatic heterocycles. The Morgan fingerprint density at radius 1 is 0.900 bits per heavy atom. The molecule has 0 saturated carbocycles. The zero-order chi connectivity index (χ0) is 19.6. The number of halogens is 1. The zero-order valence-electron chi connectivity index (χ0n) is 17.0. The van der Waals surface area contributed by atoms with Gasteiger partial charge in [-0.15, -0.1) is 12.4 Å². The Morgan fingerprint density at radius 3 is 2.40 bits per heavy atom. The van der Waals surface area contributed by atoms with Crippen LogP contribution in [0.5, 0.6) is 11.5 Å². The molecular weight excluding hydrogens is 392 g/mol. The number of hydrogen-bond acceptors (Lipinski definition) is 3. The number of aryl methyl sites for hydroxylation is 1. The molecule has 0 bridgehead atoms. The first-order chi connectivity index (χ1) is 14.3. The fourth-order valence-electron chi connectivity index (χ4n) is 4.22. The normalized spacial score (nSPS) is 12.5. The van der Waals surface area contributed by atoms with Crippen LogP contribution in [0.15, 0.2) is 78.9 Å². The zero-order valence-corrected chi connectivity index (χ0v) is 17.9. The van der Waals surface area contributed by atoms with Crippen molar-refractivity contribution in [1.82, 2.24) is 4.98 Å². The lowest BCUT2D eigenvalue weighted by atomic mass is 10.1. The molecule has 0 spiro atoms. The molecule has 0 aliphatic carbocycles. The van der Waals surface area contributed by atoms with Gasteiger partial charge in [0.25, 0.3) is 0 Å². The molecule has 3 aromatic carbocycles. The number of para-hydroxylation sites is 1. The molecule has 5 rings (SSSR count). The van der Waals surface area contributed by atoms with E-state index in [2.05, 4.69) is 54.3 Å². The van der Waals surface area contributed by atoms with Crippen LogP contribution in [0.25, 0.3) is 10.9 Å². The highest BCUT2D eigenvalue weighted by Gasteiger charge is 2.24. The molecule has 4 heteroatoms. The van der Waals surface area contributed by atoms with Gasteiger partial charge in [-0.3, -0.25) is 4.98 Å². The molecular formula is C26H25ClN2O. The van der Waals surface area contributed by atoms with Crippen LogP contribution in [0, 0.1) is 6.92 Å². The van der Waals surface area contributed by atoms with Crippen LogP contribution in [-0.4, -0.2) is 18.1 Å². The van der Waals surface area contributed by atoms with Gasteiger partial charge in [0.05, 0.1) is 11.2 Å². The molecule has 2 heterocycles. The summed E-state index contributed by atoms with van der Waals surface area (Å²) in [5.41, 5.74) is 6.27. The number of benzene rings is 3. The van der Waals surface area contributed by atoms with Crippen molar-refractivity contribution < 1.29 is 4.74 Å². The van der Waals surface area contributed by atoms with Crippen LogP contribution in [0.1, 0.15) is 16.8 Å². The number of ether oxygens (including phenoxy) is 1. The summed E-state index contributed by atoms with van der Waals surface area (Å²) in [5.74, 6) is 1.70. The molecule has 0 N–H and O–H groups in total. The average Bonchev–Trinajstić information content (AvgIpc) is 3.19. The van der Waals surface area contributed by atoms with Gasteiger partial charge in [0.15, 0.2) is 0 Å². The van der Waals surface area contributed by atoms with Crippen molar-refractivity contribution in [3.63, 3.8) is 0 Å². The molecule has 1 aliphatic rings. The summed E-state index contributed by atoms with van der Waals surface area (Å²) < 4.78 is 6.09. The Morgan fingerprint density at radius 2 is 1.63 bits per heavy atom. The predicted octanol–water partition coefficient (Wildman–Crippen LogP) is 6.36. The first-order valence-corrected chi connectivity index (χ1v) is 10.2. The van der Waals surface area contributed by atoms with Crippen LogP contribution >= 0.6 is 12.4 Å². The first kappa shape index (κ1) is 20.2. The number of pyridine rings is 1. The molecule has 0 fully saturated rings. The Hall–Kier alpha value is -3.04. The highest BCUT2D eigenvalue weighted by atomic mass is 35.5. The maximum Gasteiger partial charge on any atom is 0.128 e. The number of aromatic nitrogens is 1. The van der Waals surface area contributed by atoms with E-state index >= 15 is 0 Å². The smallest absolute Gasteiger partial charge is 0.128 e. The maximum atomic E-state index is 6.09. The van der Waals surface area contributed by atoms with Gasteiger partial charge in [0, 0.05) is 24.2 Å². The van der Waals surface area contributed by atoms with Gasteiger partial charge in [0.2, 0.25) is 0 Å². The van der Waals surface area contributed by atoms with Crippen LogP contribution in [0.3, 0.4) is 0 Å². The molecule has 3 nitrogen and oxygen atoms in total. The van der Waals surface area contributed by atoms with E-state index in [9.17, 15) is 0 Å². The lowest BCUT2D eigenvalue weighted by molar-refractivity contribution is 0.483. The highest BCUT2D eigenvalue weighted by Crippen LogP contribution is 2.38. The predicted molar refractivity (Wildman–Crippen MR) is 126 cm³/mol. The van der Waals surface area contributed by atoms with Gasteiger partial charge in [-0.25, -0.2) is 0 Å². The molecule has 0 radical (unpaired) electrons. The van der Waals surface area contributed by atoms with E-state index in [0.717, 1.165) is 48.6 Å². The third-order valence-corrected chi connectivity index (χ3v) is 5.67. The van der Waals surface area contributed by atoms with Crippen molar-refractivity contribution in [2.24, 2.45) is 0 Å². The molecule has 152 valence electrons. The second-order valence-electron chi connectivity index (χ2n) is 7.59. The van der Waals surface area contributed by atoms with Crippen molar-refractivity contribution in [2.75, 3.05) is 18.0 Å². The van der Waals surface area contributed by atoms with Gasteiger partial charge in [-0.05, 0) is 61.2 Å². The quantitative estimate of drug-likeness (QED) is 0.378. The summed E-state index contributed by atoms with van der Waals surface area (Å²) in [7, 11) is 0. The third-order valence-electron chi connectivity index (χ3n) is 5.67. The van der Waals surface area contributed by atoms with E-state index in [0.29, 0.717) is 0 Å². The SMILES string of the molecule is Cc1nc2ccc(Oc3ccccc3)cc2c2c1CCN2CCc1ccccc1.Cl. The summed E-state index contributed by atoms with van der Waals surface area (Å²) in [6, 6.07) is 26.9. The van der Waals surface area contributed by atoms with Crippen LogP contribution < -0.4 is 9.64 Å². The van der Waals surface area contributed by atoms with E-state index < -0.39 is 0 Å². The highest BCUT2D eigenvalue weighted by molar-refractivity contribution is 5.96. The second-order valence-corrected chi connectivity index (χ2v) is 7.59. The van der Waals surface area contributed by atoms with Gasteiger partial charge in [-0.1, -0.05) is 48.5 Å².